The number of hydrogen-bond acceptors (Lipinski definition) is 2. The normalized spacial score (nSPS) is 37.7. The molecule has 0 aromatic carbocycles. The van der Waals surface area contributed by atoms with Crippen molar-refractivity contribution >= 4 is 5.97 Å². The van der Waals surface area contributed by atoms with Crippen LogP contribution in [-0.4, -0.2) is 11.6 Å². The zero-order valence-electron chi connectivity index (χ0n) is 10.1. The zero-order valence-corrected chi connectivity index (χ0v) is 10.1. The lowest BCUT2D eigenvalue weighted by atomic mass is 9.75. The molecule has 0 spiro atoms. The summed E-state index contributed by atoms with van der Waals surface area (Å²) < 4.78 is 5.58. The van der Waals surface area contributed by atoms with Crippen LogP contribution in [0.3, 0.4) is 0 Å². The number of esters is 1. The predicted molar refractivity (Wildman–Crippen MR) is 59.4 cm³/mol. The van der Waals surface area contributed by atoms with Gasteiger partial charge in [-0.1, -0.05) is 13.3 Å². The van der Waals surface area contributed by atoms with E-state index in [9.17, 15) is 4.79 Å². The third kappa shape index (κ3) is 1.91. The van der Waals surface area contributed by atoms with Gasteiger partial charge in [0.1, 0.15) is 5.60 Å². The molecule has 86 valence electrons. The highest BCUT2D eigenvalue weighted by Gasteiger charge is 2.49. The molecule has 4 atom stereocenters. The van der Waals surface area contributed by atoms with Crippen molar-refractivity contribution in [1.29, 1.82) is 0 Å². The minimum Gasteiger partial charge on any atom is -0.459 e. The molecule has 2 heteroatoms. The molecular weight excluding hydrogens is 188 g/mol. The van der Waals surface area contributed by atoms with Crippen molar-refractivity contribution in [2.24, 2.45) is 17.8 Å². The topological polar surface area (TPSA) is 26.3 Å². The summed E-state index contributed by atoms with van der Waals surface area (Å²) in [5, 5.41) is 0. The average molecular weight is 210 g/mol. The second-order valence-corrected chi connectivity index (χ2v) is 5.54. The van der Waals surface area contributed by atoms with Gasteiger partial charge in [-0.15, -0.1) is 0 Å². The average Bonchev–Trinajstić information content (AvgIpc) is 2.77. The smallest absolute Gasteiger partial charge is 0.303 e. The van der Waals surface area contributed by atoms with Crippen molar-refractivity contribution < 1.29 is 9.53 Å². The summed E-state index contributed by atoms with van der Waals surface area (Å²) in [6, 6.07) is 0. The highest BCUT2D eigenvalue weighted by molar-refractivity contribution is 5.66. The number of fused-ring (bicyclic) bond motifs is 2. The first kappa shape index (κ1) is 11.0. The van der Waals surface area contributed by atoms with E-state index in [1.165, 1.54) is 32.6 Å². The third-order valence-corrected chi connectivity index (χ3v) is 4.60. The Bertz CT molecular complexity index is 261. The minimum absolute atomic E-state index is 0.123. The van der Waals surface area contributed by atoms with Gasteiger partial charge in [0.05, 0.1) is 0 Å². The summed E-state index contributed by atoms with van der Waals surface area (Å²) in [5.41, 5.74) is -0.203. The Kier molecular flexibility index (Phi) is 2.78. The lowest BCUT2D eigenvalue weighted by Gasteiger charge is -2.38. The molecule has 2 bridgehead atoms. The van der Waals surface area contributed by atoms with Crippen molar-refractivity contribution in [2.45, 2.75) is 58.5 Å². The molecule has 2 fully saturated rings. The summed E-state index contributed by atoms with van der Waals surface area (Å²) >= 11 is 0. The van der Waals surface area contributed by atoms with Gasteiger partial charge in [-0.2, -0.15) is 0 Å². The van der Waals surface area contributed by atoms with Crippen molar-refractivity contribution in [3.63, 3.8) is 0 Å². The molecule has 3 unspecified atom stereocenters. The molecule has 0 N–H and O–H groups in total. The van der Waals surface area contributed by atoms with E-state index in [-0.39, 0.29) is 11.6 Å². The maximum Gasteiger partial charge on any atom is 0.303 e. The van der Waals surface area contributed by atoms with E-state index in [0.717, 1.165) is 18.3 Å². The van der Waals surface area contributed by atoms with E-state index in [1.807, 2.05) is 0 Å². The summed E-state index contributed by atoms with van der Waals surface area (Å²) in [7, 11) is 0. The molecule has 2 saturated carbocycles. The standard InChI is InChI=1S/C13H22O2/c1-4-13(3,15-9(2)14)12-8-10-5-6-11(12)7-10/h10-12H,4-8H2,1-3H3/t10?,11?,12?,13-/m0/s1. The van der Waals surface area contributed by atoms with Crippen LogP contribution in [-0.2, 0) is 9.53 Å². The zero-order chi connectivity index (χ0) is 11.1. The van der Waals surface area contributed by atoms with Crippen LogP contribution in [0.25, 0.3) is 0 Å². The number of carbonyl (C=O) groups excluding carboxylic acids is 1. The Morgan fingerprint density at radius 2 is 2.13 bits per heavy atom. The molecular formula is C13H22O2. The second kappa shape index (κ2) is 3.80. The van der Waals surface area contributed by atoms with E-state index in [1.54, 1.807) is 0 Å². The molecule has 0 amide bonds. The Morgan fingerprint density at radius 1 is 1.40 bits per heavy atom. The number of ether oxygens (including phenoxy) is 1. The van der Waals surface area contributed by atoms with Gasteiger partial charge in [-0.05, 0) is 44.4 Å². The highest BCUT2D eigenvalue weighted by Crippen LogP contribution is 2.53. The van der Waals surface area contributed by atoms with Gasteiger partial charge in [0.25, 0.3) is 0 Å². The van der Waals surface area contributed by atoms with Gasteiger partial charge in [-0.3, -0.25) is 4.79 Å². The fraction of sp³-hybridized carbons (Fsp3) is 0.923. The monoisotopic (exact) mass is 210 g/mol. The maximum absolute atomic E-state index is 11.2. The molecule has 0 heterocycles. The van der Waals surface area contributed by atoms with E-state index in [0.29, 0.717) is 5.92 Å². The second-order valence-electron chi connectivity index (χ2n) is 5.54. The number of hydrogen-bond donors (Lipinski definition) is 0. The van der Waals surface area contributed by atoms with Gasteiger partial charge in [0, 0.05) is 12.8 Å². The SMILES string of the molecule is CC[C@](C)(OC(C)=O)C1CC2CCC1C2. The van der Waals surface area contributed by atoms with Crippen LogP contribution in [0.15, 0.2) is 0 Å². The minimum atomic E-state index is -0.203. The molecule has 0 saturated heterocycles. The first-order valence-corrected chi connectivity index (χ1v) is 6.24. The van der Waals surface area contributed by atoms with Crippen molar-refractivity contribution in [1.82, 2.24) is 0 Å². The van der Waals surface area contributed by atoms with Gasteiger partial charge >= 0.3 is 5.97 Å². The molecule has 0 radical (unpaired) electrons. The van der Waals surface area contributed by atoms with Crippen LogP contribution >= 0.6 is 0 Å². The van der Waals surface area contributed by atoms with Crippen molar-refractivity contribution in [3.05, 3.63) is 0 Å². The van der Waals surface area contributed by atoms with Crippen LogP contribution < -0.4 is 0 Å². The molecule has 2 rings (SSSR count). The first-order valence-electron chi connectivity index (χ1n) is 6.24. The summed E-state index contributed by atoms with van der Waals surface area (Å²) in [6.45, 7) is 5.79. The Morgan fingerprint density at radius 3 is 2.53 bits per heavy atom. The highest BCUT2D eigenvalue weighted by atomic mass is 16.6. The molecule has 2 aliphatic carbocycles. The van der Waals surface area contributed by atoms with E-state index in [2.05, 4.69) is 13.8 Å². The Hall–Kier alpha value is -0.530. The fourth-order valence-electron chi connectivity index (χ4n) is 3.73. The van der Waals surface area contributed by atoms with E-state index < -0.39 is 0 Å². The summed E-state index contributed by atoms with van der Waals surface area (Å²) in [6.07, 6.45) is 6.36. The molecule has 15 heavy (non-hydrogen) atoms. The van der Waals surface area contributed by atoms with Crippen LogP contribution in [0.2, 0.25) is 0 Å². The molecule has 0 aromatic rings. The van der Waals surface area contributed by atoms with Gasteiger partial charge in [0.2, 0.25) is 0 Å². The summed E-state index contributed by atoms with van der Waals surface area (Å²) in [4.78, 5) is 11.2. The molecule has 2 nitrogen and oxygen atoms in total. The number of rotatable bonds is 3. The maximum atomic E-state index is 11.2. The molecule has 0 aliphatic heterocycles. The van der Waals surface area contributed by atoms with E-state index >= 15 is 0 Å². The molecule has 0 aromatic heterocycles. The predicted octanol–water partition coefficient (Wildman–Crippen LogP) is 3.15. The number of carbonyl (C=O) groups is 1. The van der Waals surface area contributed by atoms with Crippen LogP contribution in [0.1, 0.15) is 52.9 Å². The van der Waals surface area contributed by atoms with Gasteiger partial charge in [0.15, 0.2) is 0 Å². The lowest BCUT2D eigenvalue weighted by molar-refractivity contribution is -0.164. The largest absolute Gasteiger partial charge is 0.459 e. The summed E-state index contributed by atoms with van der Waals surface area (Å²) in [5.74, 6) is 2.23. The first-order chi connectivity index (χ1) is 7.05. The van der Waals surface area contributed by atoms with Crippen molar-refractivity contribution in [2.75, 3.05) is 0 Å². The fourth-order valence-corrected chi connectivity index (χ4v) is 3.73. The Labute approximate surface area is 92.4 Å². The van der Waals surface area contributed by atoms with Crippen LogP contribution in [0.5, 0.6) is 0 Å². The van der Waals surface area contributed by atoms with Crippen LogP contribution in [0, 0.1) is 17.8 Å². The van der Waals surface area contributed by atoms with Gasteiger partial charge in [-0.25, -0.2) is 0 Å². The quantitative estimate of drug-likeness (QED) is 0.669. The molecule has 2 aliphatic rings. The Balaban J connectivity index is 2.09. The lowest BCUT2D eigenvalue weighted by Crippen LogP contribution is -2.41. The van der Waals surface area contributed by atoms with Gasteiger partial charge < -0.3 is 4.74 Å². The van der Waals surface area contributed by atoms with E-state index in [4.69, 9.17) is 4.74 Å². The third-order valence-electron chi connectivity index (χ3n) is 4.60. The van der Waals surface area contributed by atoms with Crippen LogP contribution in [0.4, 0.5) is 0 Å². The van der Waals surface area contributed by atoms with Crippen molar-refractivity contribution in [3.8, 4) is 0 Å².